The number of aromatic nitrogens is 2. The number of carbonyl (C=O) groups excluding carboxylic acids is 1. The van der Waals surface area contributed by atoms with Gasteiger partial charge in [0.1, 0.15) is 11.5 Å². The minimum Gasteiger partial charge on any atom is -0.457 e. The van der Waals surface area contributed by atoms with Crippen LogP contribution in [0.3, 0.4) is 0 Å². The molecule has 2 N–H and O–H groups in total. The highest BCUT2D eigenvalue weighted by atomic mass is 35.5. The fourth-order valence-electron chi connectivity index (χ4n) is 3.52. The standard InChI is InChI=1S/C27H18Cl2N4O3S/c1-15-4-5-16(26-33-25-23(36-26)3-2-12-30-25)13-21(15)31-27(37)32-24(34)11-8-18-7-10-22(35-18)19-9-6-17(28)14-20(19)29/h2-14H,1H3,(H2,31,32,34,37)/b11-8+. The van der Waals surface area contributed by atoms with Crippen LogP contribution in [0, 0.1) is 6.92 Å². The van der Waals surface area contributed by atoms with Crippen LogP contribution in [0.25, 0.3) is 40.1 Å². The Labute approximate surface area is 227 Å². The van der Waals surface area contributed by atoms with Gasteiger partial charge in [-0.2, -0.15) is 4.98 Å². The number of oxazole rings is 1. The number of rotatable bonds is 5. The van der Waals surface area contributed by atoms with Crippen molar-refractivity contribution in [2.75, 3.05) is 5.32 Å². The molecule has 37 heavy (non-hydrogen) atoms. The van der Waals surface area contributed by atoms with Gasteiger partial charge in [0.25, 0.3) is 0 Å². The minimum absolute atomic E-state index is 0.141. The summed E-state index contributed by atoms with van der Waals surface area (Å²) in [6.45, 7) is 1.92. The summed E-state index contributed by atoms with van der Waals surface area (Å²) in [7, 11) is 0. The number of amides is 1. The van der Waals surface area contributed by atoms with Crippen LogP contribution in [0.1, 0.15) is 11.3 Å². The third-order valence-electron chi connectivity index (χ3n) is 5.36. The molecule has 3 aromatic heterocycles. The summed E-state index contributed by atoms with van der Waals surface area (Å²) < 4.78 is 11.6. The number of carbonyl (C=O) groups is 1. The Bertz CT molecular complexity index is 1640. The highest BCUT2D eigenvalue weighted by Crippen LogP contribution is 2.32. The van der Waals surface area contributed by atoms with Crippen molar-refractivity contribution in [2.45, 2.75) is 6.92 Å². The van der Waals surface area contributed by atoms with Gasteiger partial charge in [0.05, 0.1) is 5.02 Å². The third-order valence-corrected chi connectivity index (χ3v) is 6.11. The van der Waals surface area contributed by atoms with E-state index in [1.54, 1.807) is 54.7 Å². The topological polar surface area (TPSA) is 93.2 Å². The molecular formula is C27H18Cl2N4O3S. The molecular weight excluding hydrogens is 531 g/mol. The molecule has 1 amide bonds. The summed E-state index contributed by atoms with van der Waals surface area (Å²) in [4.78, 5) is 21.0. The normalized spacial score (nSPS) is 11.2. The number of pyridine rings is 1. The van der Waals surface area contributed by atoms with Gasteiger partial charge in [0, 0.05) is 34.1 Å². The zero-order valence-electron chi connectivity index (χ0n) is 19.3. The first-order chi connectivity index (χ1) is 17.9. The van der Waals surface area contributed by atoms with Gasteiger partial charge in [-0.15, -0.1) is 0 Å². The highest BCUT2D eigenvalue weighted by Gasteiger charge is 2.12. The number of fused-ring (bicyclic) bond motifs is 1. The van der Waals surface area contributed by atoms with E-state index in [-0.39, 0.29) is 5.11 Å². The van der Waals surface area contributed by atoms with E-state index in [2.05, 4.69) is 20.6 Å². The number of thiocarbonyl (C=S) groups is 1. The Morgan fingerprint density at radius 1 is 1.05 bits per heavy atom. The van der Waals surface area contributed by atoms with E-state index in [0.29, 0.717) is 49.9 Å². The van der Waals surface area contributed by atoms with Gasteiger partial charge in [-0.25, -0.2) is 4.98 Å². The van der Waals surface area contributed by atoms with Crippen molar-refractivity contribution in [3.05, 3.63) is 94.3 Å². The molecule has 0 saturated carbocycles. The summed E-state index contributed by atoms with van der Waals surface area (Å²) in [5.74, 6) is 1.06. The lowest BCUT2D eigenvalue weighted by Gasteiger charge is -2.11. The van der Waals surface area contributed by atoms with Crippen molar-refractivity contribution in [3.63, 3.8) is 0 Å². The monoisotopic (exact) mass is 548 g/mol. The molecule has 2 aromatic carbocycles. The summed E-state index contributed by atoms with van der Waals surface area (Å²) in [5, 5.41) is 6.83. The molecule has 0 saturated heterocycles. The first kappa shape index (κ1) is 24.7. The second-order valence-electron chi connectivity index (χ2n) is 7.98. The van der Waals surface area contributed by atoms with Gasteiger partial charge >= 0.3 is 0 Å². The van der Waals surface area contributed by atoms with Gasteiger partial charge in [0.2, 0.25) is 11.8 Å². The Balaban J connectivity index is 1.23. The zero-order chi connectivity index (χ0) is 25.9. The number of anilines is 1. The lowest BCUT2D eigenvalue weighted by molar-refractivity contribution is -0.115. The Kier molecular flexibility index (Phi) is 7.05. The largest absolute Gasteiger partial charge is 0.457 e. The molecule has 0 spiro atoms. The van der Waals surface area contributed by atoms with Crippen molar-refractivity contribution in [1.82, 2.24) is 15.3 Å². The molecule has 10 heteroatoms. The second-order valence-corrected chi connectivity index (χ2v) is 9.23. The van der Waals surface area contributed by atoms with Crippen molar-refractivity contribution in [2.24, 2.45) is 0 Å². The van der Waals surface area contributed by atoms with Crippen molar-refractivity contribution in [1.29, 1.82) is 0 Å². The lowest BCUT2D eigenvalue weighted by Crippen LogP contribution is -2.33. The molecule has 0 aliphatic rings. The maximum absolute atomic E-state index is 12.4. The van der Waals surface area contributed by atoms with Gasteiger partial charge in [-0.3, -0.25) is 10.1 Å². The van der Waals surface area contributed by atoms with Crippen LogP contribution in [0.2, 0.25) is 10.0 Å². The first-order valence-electron chi connectivity index (χ1n) is 11.0. The quantitative estimate of drug-likeness (QED) is 0.176. The molecule has 0 aliphatic heterocycles. The van der Waals surface area contributed by atoms with Gasteiger partial charge in [0.15, 0.2) is 16.3 Å². The summed E-state index contributed by atoms with van der Waals surface area (Å²) >= 11 is 17.5. The number of hydrogen-bond acceptors (Lipinski definition) is 6. The fraction of sp³-hybridized carbons (Fsp3) is 0.0370. The second kappa shape index (κ2) is 10.6. The zero-order valence-corrected chi connectivity index (χ0v) is 21.6. The highest BCUT2D eigenvalue weighted by molar-refractivity contribution is 7.80. The van der Waals surface area contributed by atoms with Crippen LogP contribution in [0.4, 0.5) is 5.69 Å². The van der Waals surface area contributed by atoms with Gasteiger partial charge < -0.3 is 14.2 Å². The van der Waals surface area contributed by atoms with Crippen LogP contribution >= 0.6 is 35.4 Å². The SMILES string of the molecule is Cc1ccc(-c2nc3ncccc3o2)cc1NC(=S)NC(=O)/C=C/c1ccc(-c2ccc(Cl)cc2Cl)o1. The van der Waals surface area contributed by atoms with Crippen LogP contribution in [0.15, 0.2) is 81.8 Å². The minimum atomic E-state index is -0.418. The average Bonchev–Trinajstić information content (AvgIpc) is 3.51. The van der Waals surface area contributed by atoms with Crippen LogP contribution in [-0.2, 0) is 4.79 Å². The smallest absolute Gasteiger partial charge is 0.250 e. The number of nitrogens with one attached hydrogen (secondary N) is 2. The maximum atomic E-state index is 12.4. The van der Waals surface area contributed by atoms with Gasteiger partial charge in [-0.05, 0) is 85.4 Å². The molecule has 0 aliphatic carbocycles. The number of nitrogens with zero attached hydrogens (tertiary/aromatic N) is 2. The number of hydrogen-bond donors (Lipinski definition) is 2. The third kappa shape index (κ3) is 5.72. The van der Waals surface area contributed by atoms with Crippen LogP contribution < -0.4 is 10.6 Å². The van der Waals surface area contributed by atoms with E-state index >= 15 is 0 Å². The molecule has 0 radical (unpaired) electrons. The Morgan fingerprint density at radius 2 is 1.92 bits per heavy atom. The average molecular weight is 549 g/mol. The molecule has 5 rings (SSSR count). The molecule has 3 heterocycles. The van der Waals surface area contributed by atoms with E-state index in [1.165, 1.54) is 6.08 Å². The van der Waals surface area contributed by atoms with E-state index in [4.69, 9.17) is 44.3 Å². The van der Waals surface area contributed by atoms with E-state index < -0.39 is 5.91 Å². The Hall–Kier alpha value is -3.98. The van der Waals surface area contributed by atoms with Crippen molar-refractivity contribution < 1.29 is 13.6 Å². The maximum Gasteiger partial charge on any atom is 0.250 e. The number of halogens is 2. The van der Waals surface area contributed by atoms with Gasteiger partial charge in [-0.1, -0.05) is 29.3 Å². The number of benzene rings is 2. The predicted octanol–water partition coefficient (Wildman–Crippen LogP) is 7.29. The summed E-state index contributed by atoms with van der Waals surface area (Å²) in [5.41, 5.74) is 4.21. The molecule has 0 atom stereocenters. The van der Waals surface area contributed by atoms with E-state index in [9.17, 15) is 4.79 Å². The molecule has 0 bridgehead atoms. The molecule has 7 nitrogen and oxygen atoms in total. The van der Waals surface area contributed by atoms with Crippen molar-refractivity contribution in [3.8, 4) is 22.8 Å². The molecule has 184 valence electrons. The summed E-state index contributed by atoms with van der Waals surface area (Å²) in [6.07, 6.45) is 4.53. The number of furan rings is 1. The lowest BCUT2D eigenvalue weighted by atomic mass is 10.1. The molecule has 0 unspecified atom stereocenters. The Morgan fingerprint density at radius 3 is 2.73 bits per heavy atom. The fourth-order valence-corrected chi connectivity index (χ4v) is 4.24. The predicted molar refractivity (Wildman–Crippen MR) is 150 cm³/mol. The number of aryl methyl sites for hydroxylation is 1. The van der Waals surface area contributed by atoms with E-state index in [1.807, 2.05) is 25.1 Å². The summed E-state index contributed by atoms with van der Waals surface area (Å²) in [6, 6.07) is 17.9. The van der Waals surface area contributed by atoms with Crippen LogP contribution in [-0.4, -0.2) is 21.0 Å². The molecule has 5 aromatic rings. The van der Waals surface area contributed by atoms with Crippen LogP contribution in [0.5, 0.6) is 0 Å². The van der Waals surface area contributed by atoms with E-state index in [0.717, 1.165) is 11.1 Å². The molecule has 0 fully saturated rings. The first-order valence-corrected chi connectivity index (χ1v) is 12.2. The van der Waals surface area contributed by atoms with Crippen molar-refractivity contribution >= 4 is 69.4 Å².